The Morgan fingerprint density at radius 1 is 1.29 bits per heavy atom. The summed E-state index contributed by atoms with van der Waals surface area (Å²) < 4.78 is 13.9. The lowest BCUT2D eigenvalue weighted by molar-refractivity contribution is -0.134. The summed E-state index contributed by atoms with van der Waals surface area (Å²) in [4.78, 5) is 27.9. The second-order valence-electron chi connectivity index (χ2n) is 9.64. The van der Waals surface area contributed by atoms with E-state index in [1.165, 1.54) is 11.8 Å². The number of hydrogen-bond donors (Lipinski definition) is 2. The Balaban J connectivity index is 1.13. The number of benzene rings is 1. The predicted molar refractivity (Wildman–Crippen MR) is 133 cm³/mol. The molecule has 0 bridgehead atoms. The highest BCUT2D eigenvalue weighted by Crippen LogP contribution is 2.42. The Bertz CT molecular complexity index is 1350. The van der Waals surface area contributed by atoms with Gasteiger partial charge in [0.15, 0.2) is 27.8 Å². The number of aromatic nitrogens is 4. The molecule has 2 N–H and O–H groups in total. The molecule has 184 valence electrons. The van der Waals surface area contributed by atoms with Crippen molar-refractivity contribution < 1.29 is 14.3 Å². The van der Waals surface area contributed by atoms with Crippen molar-refractivity contribution in [1.29, 1.82) is 5.41 Å². The molecular weight excluding hydrogens is 532 g/mol. The number of carbonyl (C=O) groups excluding carboxylic acids is 1. The Morgan fingerprint density at radius 2 is 2.03 bits per heavy atom. The van der Waals surface area contributed by atoms with Gasteiger partial charge in [-0.05, 0) is 65.6 Å². The van der Waals surface area contributed by atoms with Gasteiger partial charge in [-0.25, -0.2) is 9.97 Å². The summed E-state index contributed by atoms with van der Waals surface area (Å²) in [6.45, 7) is 4.90. The van der Waals surface area contributed by atoms with E-state index >= 15 is 0 Å². The van der Waals surface area contributed by atoms with Gasteiger partial charge in [-0.3, -0.25) is 10.2 Å². The summed E-state index contributed by atoms with van der Waals surface area (Å²) in [6.07, 6.45) is 5.86. The van der Waals surface area contributed by atoms with Gasteiger partial charge in [0.1, 0.15) is 5.52 Å². The van der Waals surface area contributed by atoms with Gasteiger partial charge in [-0.1, -0.05) is 18.7 Å². The van der Waals surface area contributed by atoms with E-state index in [1.807, 2.05) is 16.7 Å². The highest BCUT2D eigenvalue weighted by molar-refractivity contribution is 9.10. The van der Waals surface area contributed by atoms with Gasteiger partial charge in [0.2, 0.25) is 12.7 Å². The van der Waals surface area contributed by atoms with E-state index in [9.17, 15) is 4.79 Å². The maximum atomic E-state index is 12.5. The molecule has 9 nitrogen and oxygen atoms in total. The van der Waals surface area contributed by atoms with E-state index in [0.717, 1.165) is 66.1 Å². The highest BCUT2D eigenvalue weighted by atomic mass is 79.9. The summed E-state index contributed by atoms with van der Waals surface area (Å²) in [7, 11) is 0. The molecule has 6 rings (SSSR count). The number of amides is 1. The lowest BCUT2D eigenvalue weighted by Crippen LogP contribution is -2.39. The number of carbonyl (C=O) groups is 1. The summed E-state index contributed by atoms with van der Waals surface area (Å²) in [5.74, 6) is 3.20. The third kappa shape index (κ3) is 4.55. The first-order valence-electron chi connectivity index (χ1n) is 12.0. The number of nitrogens with zero attached hydrogens (tertiary/aromatic N) is 4. The first-order valence-corrected chi connectivity index (χ1v) is 13.6. The lowest BCUT2D eigenvalue weighted by Gasteiger charge is -2.32. The average molecular weight is 559 g/mol. The van der Waals surface area contributed by atoms with Gasteiger partial charge < -0.3 is 23.9 Å². The highest BCUT2D eigenvalue weighted by Gasteiger charge is 2.42. The SMILES string of the molecule is CC1CC1C(=O)N1CCC(CCn2cnc(=N)c3[nH]c(Sc4cc5c(cc4Br)OCO5)nc32)CC1. The van der Waals surface area contributed by atoms with Crippen molar-refractivity contribution in [2.45, 2.75) is 49.2 Å². The van der Waals surface area contributed by atoms with E-state index in [-0.39, 0.29) is 18.2 Å². The quantitative estimate of drug-likeness (QED) is 0.470. The second-order valence-corrected chi connectivity index (χ2v) is 11.5. The van der Waals surface area contributed by atoms with Crippen LogP contribution in [0.5, 0.6) is 11.5 Å². The fourth-order valence-electron chi connectivity index (χ4n) is 4.92. The minimum Gasteiger partial charge on any atom is -0.454 e. The van der Waals surface area contributed by atoms with E-state index in [4.69, 9.17) is 19.9 Å². The van der Waals surface area contributed by atoms with Crippen molar-refractivity contribution in [3.8, 4) is 11.5 Å². The minimum atomic E-state index is 0.182. The van der Waals surface area contributed by atoms with Crippen molar-refractivity contribution in [2.24, 2.45) is 17.8 Å². The van der Waals surface area contributed by atoms with Crippen LogP contribution in [-0.4, -0.2) is 50.2 Å². The van der Waals surface area contributed by atoms with Crippen LogP contribution in [-0.2, 0) is 11.3 Å². The van der Waals surface area contributed by atoms with Gasteiger partial charge >= 0.3 is 0 Å². The number of ether oxygens (including phenoxy) is 2. The van der Waals surface area contributed by atoms with Gasteiger partial charge in [0.25, 0.3) is 0 Å². The smallest absolute Gasteiger partial charge is 0.231 e. The van der Waals surface area contributed by atoms with Crippen molar-refractivity contribution in [2.75, 3.05) is 19.9 Å². The number of rotatable bonds is 6. The van der Waals surface area contributed by atoms with Crippen LogP contribution >= 0.6 is 27.7 Å². The third-order valence-electron chi connectivity index (χ3n) is 7.26. The number of nitrogens with one attached hydrogen (secondary N) is 2. The van der Waals surface area contributed by atoms with Gasteiger partial charge in [0.05, 0.1) is 6.33 Å². The van der Waals surface area contributed by atoms with Crippen LogP contribution in [0.2, 0.25) is 0 Å². The van der Waals surface area contributed by atoms with Crippen molar-refractivity contribution >= 4 is 44.8 Å². The molecule has 0 spiro atoms. The summed E-state index contributed by atoms with van der Waals surface area (Å²) in [5.41, 5.74) is 1.55. The van der Waals surface area contributed by atoms with Crippen LogP contribution in [0.15, 0.2) is 33.0 Å². The largest absolute Gasteiger partial charge is 0.454 e. The molecule has 11 heteroatoms. The lowest BCUT2D eigenvalue weighted by atomic mass is 9.93. The summed E-state index contributed by atoms with van der Waals surface area (Å²) in [5, 5.41) is 8.94. The number of aromatic amines is 1. The topological polar surface area (TPSA) is 109 Å². The first kappa shape index (κ1) is 22.9. The molecule has 1 aromatic carbocycles. The molecule has 2 fully saturated rings. The monoisotopic (exact) mass is 558 g/mol. The zero-order valence-electron chi connectivity index (χ0n) is 19.4. The molecular formula is C24H27BrN6O3S. The molecule has 4 heterocycles. The van der Waals surface area contributed by atoms with Gasteiger partial charge in [-0.15, -0.1) is 0 Å². The number of hydrogen-bond acceptors (Lipinski definition) is 7. The maximum absolute atomic E-state index is 12.5. The summed E-state index contributed by atoms with van der Waals surface area (Å²) >= 11 is 5.07. The maximum Gasteiger partial charge on any atom is 0.231 e. The van der Waals surface area contributed by atoms with Crippen molar-refractivity contribution in [3.63, 3.8) is 0 Å². The molecule has 0 radical (unpaired) electrons. The van der Waals surface area contributed by atoms with E-state index in [0.29, 0.717) is 34.2 Å². The number of H-pyrrole nitrogens is 1. The zero-order valence-corrected chi connectivity index (χ0v) is 21.8. The average Bonchev–Trinajstić information content (AvgIpc) is 3.21. The molecule has 2 aromatic heterocycles. The Hall–Kier alpha value is -2.53. The molecule has 3 aliphatic rings. The van der Waals surface area contributed by atoms with Crippen LogP contribution in [0, 0.1) is 23.2 Å². The van der Waals surface area contributed by atoms with Crippen LogP contribution in [0.4, 0.5) is 0 Å². The molecule has 1 saturated heterocycles. The molecule has 35 heavy (non-hydrogen) atoms. The number of likely N-dealkylation sites (tertiary alicyclic amines) is 1. The molecule has 1 amide bonds. The number of halogens is 1. The Morgan fingerprint density at radius 3 is 2.77 bits per heavy atom. The fourth-order valence-corrected chi connectivity index (χ4v) is 6.30. The predicted octanol–water partition coefficient (Wildman–Crippen LogP) is 4.17. The Labute approximate surface area is 215 Å². The summed E-state index contributed by atoms with van der Waals surface area (Å²) in [6, 6.07) is 3.83. The third-order valence-corrected chi connectivity index (χ3v) is 9.13. The van der Waals surface area contributed by atoms with Gasteiger partial charge in [-0.2, -0.15) is 0 Å². The number of fused-ring (bicyclic) bond motifs is 2. The molecule has 1 aliphatic carbocycles. The first-order chi connectivity index (χ1) is 17.0. The second kappa shape index (κ2) is 9.16. The van der Waals surface area contributed by atoms with Gasteiger partial charge in [0, 0.05) is 34.9 Å². The van der Waals surface area contributed by atoms with E-state index in [1.54, 1.807) is 6.33 Å². The Kier molecular flexibility index (Phi) is 6.00. The number of aryl methyl sites for hydroxylation is 1. The van der Waals surface area contributed by atoms with Crippen molar-refractivity contribution in [1.82, 2.24) is 24.4 Å². The normalized spacial score (nSPS) is 21.6. The molecule has 2 unspecified atom stereocenters. The van der Waals surface area contributed by atoms with E-state index in [2.05, 4.69) is 37.7 Å². The fraction of sp³-hybridized carbons (Fsp3) is 0.500. The number of imidazole rings is 1. The van der Waals surface area contributed by atoms with E-state index < -0.39 is 0 Å². The minimum absolute atomic E-state index is 0.182. The molecule has 2 aliphatic heterocycles. The van der Waals surface area contributed by atoms with Crippen LogP contribution in [0.25, 0.3) is 11.2 Å². The molecule has 3 aromatic rings. The van der Waals surface area contributed by atoms with Crippen molar-refractivity contribution in [3.05, 3.63) is 28.4 Å². The molecule has 2 atom stereocenters. The van der Waals surface area contributed by atoms with Crippen LogP contribution in [0.1, 0.15) is 32.6 Å². The number of piperidine rings is 1. The standard InChI is InChI=1S/C24H27BrN6O3S/c1-13-8-15(13)23(32)30-5-2-14(3-6-30)4-7-31-11-27-21(26)20-22(31)29-24(28-20)35-19-10-18-17(9-16(19)25)33-12-34-18/h9-11,13-15,26H,2-8,12H2,1H3,(H,28,29). The zero-order chi connectivity index (χ0) is 24.1. The van der Waals surface area contributed by atoms with Crippen LogP contribution < -0.4 is 15.0 Å². The van der Waals surface area contributed by atoms with Crippen LogP contribution in [0.3, 0.4) is 0 Å². The molecule has 1 saturated carbocycles.